The van der Waals surface area contributed by atoms with Gasteiger partial charge in [0, 0.05) is 29.7 Å². The normalized spacial score (nSPS) is 14.2. The monoisotopic (exact) mass is 270 g/mol. The maximum absolute atomic E-state index is 10.7. The van der Waals surface area contributed by atoms with Gasteiger partial charge in [0.15, 0.2) is 0 Å². The van der Waals surface area contributed by atoms with Gasteiger partial charge in [0.05, 0.1) is 4.92 Å². The second-order valence-corrected chi connectivity index (χ2v) is 5.00. The molecule has 1 aromatic rings. The lowest BCUT2D eigenvalue weighted by atomic mass is 10.0. The van der Waals surface area contributed by atoms with Gasteiger partial charge in [0.25, 0.3) is 5.69 Å². The summed E-state index contributed by atoms with van der Waals surface area (Å²) in [6.45, 7) is 6.97. The van der Waals surface area contributed by atoms with Crippen molar-refractivity contribution in [2.45, 2.75) is 39.8 Å². The number of nitrogens with zero attached hydrogens (tertiary/aromatic N) is 1. The summed E-state index contributed by atoms with van der Waals surface area (Å²) in [7, 11) is 0. The topological polar surface area (TPSA) is 55.2 Å². The lowest BCUT2D eigenvalue weighted by Crippen LogP contribution is -2.31. The molecule has 2 unspecified atom stereocenters. The molecule has 0 saturated heterocycles. The smallest absolute Gasteiger partial charge is 0.269 e. The minimum absolute atomic E-state index is 0.0763. The summed E-state index contributed by atoms with van der Waals surface area (Å²) >= 11 is 6.04. The Hall–Kier alpha value is -1.13. The second-order valence-electron chi connectivity index (χ2n) is 4.59. The molecule has 0 spiro atoms. The molecule has 0 amide bonds. The van der Waals surface area contributed by atoms with Crippen molar-refractivity contribution in [1.29, 1.82) is 0 Å². The van der Waals surface area contributed by atoms with E-state index in [1.165, 1.54) is 12.1 Å². The van der Waals surface area contributed by atoms with E-state index in [9.17, 15) is 10.1 Å². The summed E-state index contributed by atoms with van der Waals surface area (Å²) < 4.78 is 0. The quantitative estimate of drug-likeness (QED) is 0.632. The molecular formula is C13H19ClN2O2. The van der Waals surface area contributed by atoms with Crippen LogP contribution in [-0.2, 0) is 6.54 Å². The summed E-state index contributed by atoms with van der Waals surface area (Å²) in [6, 6.07) is 4.87. The summed E-state index contributed by atoms with van der Waals surface area (Å²) in [5.41, 5.74) is 0.841. The van der Waals surface area contributed by atoms with Gasteiger partial charge in [0.2, 0.25) is 0 Å². The highest BCUT2D eigenvalue weighted by atomic mass is 35.5. The van der Waals surface area contributed by atoms with Gasteiger partial charge in [-0.25, -0.2) is 0 Å². The Bertz CT molecular complexity index is 423. The zero-order valence-electron chi connectivity index (χ0n) is 10.9. The number of hydrogen-bond donors (Lipinski definition) is 1. The second kappa shape index (κ2) is 6.71. The Balaban J connectivity index is 2.72. The highest BCUT2D eigenvalue weighted by molar-refractivity contribution is 6.31. The maximum atomic E-state index is 10.7. The van der Waals surface area contributed by atoms with Crippen LogP contribution in [0.5, 0.6) is 0 Å². The summed E-state index contributed by atoms with van der Waals surface area (Å²) in [5.74, 6) is 0.558. The van der Waals surface area contributed by atoms with Gasteiger partial charge < -0.3 is 5.32 Å². The molecule has 4 nitrogen and oxygen atoms in total. The van der Waals surface area contributed by atoms with E-state index in [0.717, 1.165) is 12.0 Å². The molecule has 2 atom stereocenters. The van der Waals surface area contributed by atoms with Crippen LogP contribution in [0.2, 0.25) is 5.02 Å². The molecule has 100 valence electrons. The molecule has 1 rings (SSSR count). The van der Waals surface area contributed by atoms with E-state index in [4.69, 9.17) is 11.6 Å². The lowest BCUT2D eigenvalue weighted by molar-refractivity contribution is -0.384. The molecule has 0 bridgehead atoms. The standard InChI is InChI=1S/C13H19ClN2O2/c1-4-9(2)10(3)15-8-11-7-12(16(17)18)5-6-13(11)14/h5-7,9-10,15H,4,8H2,1-3H3. The van der Waals surface area contributed by atoms with Crippen molar-refractivity contribution < 1.29 is 4.92 Å². The first-order valence-electron chi connectivity index (χ1n) is 6.11. The van der Waals surface area contributed by atoms with Crippen LogP contribution in [0.4, 0.5) is 5.69 Å². The first kappa shape index (κ1) is 14.9. The minimum Gasteiger partial charge on any atom is -0.310 e. The van der Waals surface area contributed by atoms with Crippen molar-refractivity contribution >= 4 is 17.3 Å². The van der Waals surface area contributed by atoms with Gasteiger partial charge in [-0.1, -0.05) is 31.9 Å². The van der Waals surface area contributed by atoms with Crippen LogP contribution >= 0.6 is 11.6 Å². The van der Waals surface area contributed by atoms with E-state index >= 15 is 0 Å². The Morgan fingerprint density at radius 2 is 2.11 bits per heavy atom. The third kappa shape index (κ3) is 3.96. The Morgan fingerprint density at radius 1 is 1.44 bits per heavy atom. The first-order valence-corrected chi connectivity index (χ1v) is 6.49. The average Bonchev–Trinajstić information content (AvgIpc) is 2.36. The number of nitro groups is 1. The fourth-order valence-electron chi connectivity index (χ4n) is 1.64. The van der Waals surface area contributed by atoms with Gasteiger partial charge in [-0.3, -0.25) is 10.1 Å². The van der Waals surface area contributed by atoms with E-state index in [0.29, 0.717) is 23.5 Å². The Kier molecular flexibility index (Phi) is 5.56. The Labute approximate surface area is 112 Å². The first-order chi connectivity index (χ1) is 8.45. The molecule has 1 aromatic carbocycles. The van der Waals surface area contributed by atoms with Gasteiger partial charge >= 0.3 is 0 Å². The summed E-state index contributed by atoms with van der Waals surface area (Å²) in [5, 5.41) is 14.6. The SMILES string of the molecule is CCC(C)C(C)NCc1cc([N+](=O)[O-])ccc1Cl. The van der Waals surface area contributed by atoms with E-state index in [1.54, 1.807) is 6.07 Å². The largest absolute Gasteiger partial charge is 0.310 e. The number of rotatable bonds is 6. The predicted octanol–water partition coefficient (Wildman–Crippen LogP) is 3.77. The predicted molar refractivity (Wildman–Crippen MR) is 73.9 cm³/mol. The molecule has 0 aromatic heterocycles. The third-order valence-electron chi connectivity index (χ3n) is 3.35. The van der Waals surface area contributed by atoms with Crippen molar-refractivity contribution in [2.75, 3.05) is 0 Å². The van der Waals surface area contributed by atoms with E-state index in [1.807, 2.05) is 0 Å². The fraction of sp³-hybridized carbons (Fsp3) is 0.538. The molecule has 18 heavy (non-hydrogen) atoms. The summed E-state index contributed by atoms with van der Waals surface area (Å²) in [4.78, 5) is 10.3. The molecule has 0 aliphatic rings. The van der Waals surface area contributed by atoms with Crippen molar-refractivity contribution in [3.05, 3.63) is 38.9 Å². The zero-order valence-corrected chi connectivity index (χ0v) is 11.7. The molecule has 5 heteroatoms. The van der Waals surface area contributed by atoms with Crippen LogP contribution in [0.15, 0.2) is 18.2 Å². The molecular weight excluding hydrogens is 252 g/mol. The number of nitrogens with one attached hydrogen (secondary N) is 1. The Morgan fingerprint density at radius 3 is 2.67 bits per heavy atom. The van der Waals surface area contributed by atoms with Crippen LogP contribution in [0, 0.1) is 16.0 Å². The zero-order chi connectivity index (χ0) is 13.7. The van der Waals surface area contributed by atoms with Crippen molar-refractivity contribution in [1.82, 2.24) is 5.32 Å². The van der Waals surface area contributed by atoms with Crippen molar-refractivity contribution in [3.63, 3.8) is 0 Å². The van der Waals surface area contributed by atoms with Gasteiger partial charge in [-0.2, -0.15) is 0 Å². The van der Waals surface area contributed by atoms with E-state index in [-0.39, 0.29) is 5.69 Å². The highest BCUT2D eigenvalue weighted by Gasteiger charge is 2.13. The molecule has 1 N–H and O–H groups in total. The molecule has 0 heterocycles. The number of nitro benzene ring substituents is 1. The van der Waals surface area contributed by atoms with Crippen molar-refractivity contribution in [3.8, 4) is 0 Å². The molecule has 0 radical (unpaired) electrons. The number of non-ortho nitro benzene ring substituents is 1. The molecule has 0 aliphatic carbocycles. The minimum atomic E-state index is -0.405. The lowest BCUT2D eigenvalue weighted by Gasteiger charge is -2.20. The number of benzene rings is 1. The van der Waals surface area contributed by atoms with Gasteiger partial charge in [-0.15, -0.1) is 0 Å². The molecule has 0 aliphatic heterocycles. The van der Waals surface area contributed by atoms with Crippen LogP contribution in [-0.4, -0.2) is 11.0 Å². The van der Waals surface area contributed by atoms with Crippen LogP contribution in [0.25, 0.3) is 0 Å². The summed E-state index contributed by atoms with van der Waals surface area (Å²) in [6.07, 6.45) is 1.09. The van der Waals surface area contributed by atoms with Gasteiger partial charge in [-0.05, 0) is 24.5 Å². The number of hydrogen-bond acceptors (Lipinski definition) is 3. The maximum Gasteiger partial charge on any atom is 0.269 e. The highest BCUT2D eigenvalue weighted by Crippen LogP contribution is 2.22. The fourth-order valence-corrected chi connectivity index (χ4v) is 1.82. The average molecular weight is 271 g/mol. The van der Waals surface area contributed by atoms with Crippen LogP contribution < -0.4 is 5.32 Å². The molecule has 0 saturated carbocycles. The number of halogens is 1. The third-order valence-corrected chi connectivity index (χ3v) is 3.72. The van der Waals surface area contributed by atoms with E-state index in [2.05, 4.69) is 26.1 Å². The van der Waals surface area contributed by atoms with Gasteiger partial charge in [0.1, 0.15) is 0 Å². The van der Waals surface area contributed by atoms with Crippen LogP contribution in [0.1, 0.15) is 32.8 Å². The van der Waals surface area contributed by atoms with E-state index < -0.39 is 4.92 Å². The molecule has 0 fully saturated rings. The van der Waals surface area contributed by atoms with Crippen molar-refractivity contribution in [2.24, 2.45) is 5.92 Å². The van der Waals surface area contributed by atoms with Crippen LogP contribution in [0.3, 0.4) is 0 Å².